The number of ether oxygens (including phenoxy) is 3. The summed E-state index contributed by atoms with van der Waals surface area (Å²) in [6.07, 6.45) is -0.0242. The average molecular weight is 346 g/mol. The van der Waals surface area contributed by atoms with Crippen LogP contribution in [0.25, 0.3) is 0 Å². The van der Waals surface area contributed by atoms with Crippen molar-refractivity contribution in [1.82, 2.24) is 0 Å². The fourth-order valence-corrected chi connectivity index (χ4v) is 3.19. The molecule has 2 aromatic rings. The summed E-state index contributed by atoms with van der Waals surface area (Å²) in [4.78, 5) is 35.9. The van der Waals surface area contributed by atoms with Crippen molar-refractivity contribution in [3.63, 3.8) is 0 Å². The van der Waals surface area contributed by atoms with E-state index in [9.17, 15) is 14.4 Å². The van der Waals surface area contributed by atoms with Crippen molar-refractivity contribution in [2.45, 2.75) is 13.0 Å². The molecule has 7 heteroatoms. The van der Waals surface area contributed by atoms with Crippen molar-refractivity contribution < 1.29 is 28.6 Å². The second-order valence-electron chi connectivity index (χ2n) is 5.14. The third-order valence-electron chi connectivity index (χ3n) is 3.55. The number of carbonyl (C=O) groups is 3. The van der Waals surface area contributed by atoms with Gasteiger partial charge in [-0.15, -0.1) is 11.3 Å². The molecule has 0 spiro atoms. The van der Waals surface area contributed by atoms with E-state index in [0.717, 1.165) is 5.56 Å². The van der Waals surface area contributed by atoms with Crippen LogP contribution in [-0.4, -0.2) is 31.4 Å². The van der Waals surface area contributed by atoms with Crippen LogP contribution in [0.15, 0.2) is 29.6 Å². The van der Waals surface area contributed by atoms with Crippen LogP contribution >= 0.6 is 11.3 Å². The van der Waals surface area contributed by atoms with Gasteiger partial charge in [0.2, 0.25) is 5.78 Å². The maximum absolute atomic E-state index is 12.5. The fourth-order valence-electron chi connectivity index (χ4n) is 2.33. The van der Waals surface area contributed by atoms with E-state index in [1.807, 2.05) is 11.4 Å². The average Bonchev–Trinajstić information content (AvgIpc) is 3.01. The molecule has 3 rings (SSSR count). The van der Waals surface area contributed by atoms with Gasteiger partial charge < -0.3 is 14.2 Å². The number of methoxy groups -OCH3 is 1. The van der Waals surface area contributed by atoms with Gasteiger partial charge >= 0.3 is 11.9 Å². The van der Waals surface area contributed by atoms with E-state index in [2.05, 4.69) is 4.74 Å². The van der Waals surface area contributed by atoms with Crippen molar-refractivity contribution in [3.8, 4) is 5.75 Å². The molecule has 2 heterocycles. The molecule has 0 fully saturated rings. The Morgan fingerprint density at radius 1 is 1.25 bits per heavy atom. The molecular formula is C17H14O6S. The Kier molecular flexibility index (Phi) is 4.61. The second kappa shape index (κ2) is 6.84. The maximum atomic E-state index is 12.5. The monoisotopic (exact) mass is 346 g/mol. The van der Waals surface area contributed by atoms with Crippen LogP contribution in [0.2, 0.25) is 0 Å². The summed E-state index contributed by atoms with van der Waals surface area (Å²) >= 11 is 1.39. The maximum Gasteiger partial charge on any atom is 0.344 e. The van der Waals surface area contributed by atoms with Gasteiger partial charge in [-0.1, -0.05) is 6.07 Å². The lowest BCUT2D eigenvalue weighted by Gasteiger charge is -2.09. The summed E-state index contributed by atoms with van der Waals surface area (Å²) < 4.78 is 14.9. The zero-order valence-corrected chi connectivity index (χ0v) is 13.7. The topological polar surface area (TPSA) is 78.9 Å². The summed E-state index contributed by atoms with van der Waals surface area (Å²) in [7, 11) is 1.22. The molecule has 124 valence electrons. The van der Waals surface area contributed by atoms with Gasteiger partial charge in [-0.3, -0.25) is 9.59 Å². The van der Waals surface area contributed by atoms with Crippen LogP contribution < -0.4 is 4.74 Å². The molecule has 0 amide bonds. The van der Waals surface area contributed by atoms with E-state index in [-0.39, 0.29) is 12.2 Å². The van der Waals surface area contributed by atoms with Gasteiger partial charge in [0.15, 0.2) is 6.61 Å². The molecule has 0 aliphatic carbocycles. The Labute approximate surface area is 142 Å². The first-order chi connectivity index (χ1) is 11.6. The SMILES string of the molecule is COC(=O)COC(=O)Cc1ccc2c(c1)OCc1ccsc1C2=O. The highest BCUT2D eigenvalue weighted by Crippen LogP contribution is 2.32. The largest absolute Gasteiger partial charge is 0.488 e. The van der Waals surface area contributed by atoms with Gasteiger partial charge in [-0.2, -0.15) is 0 Å². The summed E-state index contributed by atoms with van der Waals surface area (Å²) in [5.41, 5.74) is 1.98. The zero-order chi connectivity index (χ0) is 17.1. The minimum atomic E-state index is -0.620. The van der Waals surface area contributed by atoms with Crippen LogP contribution in [-0.2, 0) is 32.1 Å². The summed E-state index contributed by atoms with van der Waals surface area (Å²) in [5, 5.41) is 1.86. The van der Waals surface area contributed by atoms with Crippen molar-refractivity contribution in [3.05, 3.63) is 51.2 Å². The molecule has 0 radical (unpaired) electrons. The van der Waals surface area contributed by atoms with Crippen molar-refractivity contribution >= 4 is 29.1 Å². The molecule has 0 saturated heterocycles. The van der Waals surface area contributed by atoms with Crippen LogP contribution in [0.4, 0.5) is 0 Å². The third-order valence-corrected chi connectivity index (χ3v) is 4.51. The summed E-state index contributed by atoms with van der Waals surface area (Å²) in [5.74, 6) is -0.807. The highest BCUT2D eigenvalue weighted by molar-refractivity contribution is 7.12. The lowest BCUT2D eigenvalue weighted by molar-refractivity contribution is -0.156. The standard InChI is InChI=1S/C17H14O6S/c1-21-15(19)9-23-14(18)7-10-2-3-12-13(6-10)22-8-11-4-5-24-17(11)16(12)20/h2-6H,7-9H2,1H3. The molecule has 0 bridgehead atoms. The van der Waals surface area contributed by atoms with Crippen molar-refractivity contribution in [1.29, 1.82) is 0 Å². The van der Waals surface area contributed by atoms with Gasteiger partial charge in [0.05, 0.1) is 24.0 Å². The molecule has 0 atom stereocenters. The van der Waals surface area contributed by atoms with Crippen LogP contribution in [0.3, 0.4) is 0 Å². The quantitative estimate of drug-likeness (QED) is 0.789. The first-order valence-electron chi connectivity index (χ1n) is 7.17. The van der Waals surface area contributed by atoms with Crippen molar-refractivity contribution in [2.24, 2.45) is 0 Å². The number of fused-ring (bicyclic) bond motifs is 2. The normalized spacial score (nSPS) is 12.5. The number of benzene rings is 1. The molecule has 1 aromatic carbocycles. The Balaban J connectivity index is 1.74. The van der Waals surface area contributed by atoms with E-state index < -0.39 is 18.5 Å². The Hall–Kier alpha value is -2.67. The van der Waals surface area contributed by atoms with E-state index in [1.165, 1.54) is 18.4 Å². The van der Waals surface area contributed by atoms with Crippen molar-refractivity contribution in [2.75, 3.05) is 13.7 Å². The second-order valence-corrected chi connectivity index (χ2v) is 6.05. The van der Waals surface area contributed by atoms with Crippen LogP contribution in [0.5, 0.6) is 5.75 Å². The minimum Gasteiger partial charge on any atom is -0.488 e. The number of esters is 2. The van der Waals surface area contributed by atoms with Gasteiger partial charge in [-0.05, 0) is 29.1 Å². The summed E-state index contributed by atoms with van der Waals surface area (Å²) in [6, 6.07) is 6.85. The third kappa shape index (κ3) is 3.30. The molecule has 6 nitrogen and oxygen atoms in total. The van der Waals surface area contributed by atoms with Gasteiger partial charge in [0.1, 0.15) is 12.4 Å². The number of hydrogen-bond acceptors (Lipinski definition) is 7. The van der Waals surface area contributed by atoms with Gasteiger partial charge in [0, 0.05) is 5.56 Å². The Bertz CT molecular complexity index is 807. The van der Waals surface area contributed by atoms with Crippen LogP contribution in [0, 0.1) is 0 Å². The Morgan fingerprint density at radius 2 is 2.08 bits per heavy atom. The highest BCUT2D eigenvalue weighted by atomic mass is 32.1. The molecule has 24 heavy (non-hydrogen) atoms. The molecule has 0 N–H and O–H groups in total. The first kappa shape index (κ1) is 16.2. The number of thiophene rings is 1. The van der Waals surface area contributed by atoms with E-state index in [4.69, 9.17) is 9.47 Å². The molecule has 0 unspecified atom stereocenters. The van der Waals surface area contributed by atoms with Gasteiger partial charge in [0.25, 0.3) is 0 Å². The molecule has 1 aromatic heterocycles. The molecular weight excluding hydrogens is 332 g/mol. The number of hydrogen-bond donors (Lipinski definition) is 0. The lowest BCUT2D eigenvalue weighted by Crippen LogP contribution is -2.16. The number of rotatable bonds is 4. The predicted octanol–water partition coefficient (Wildman–Crippen LogP) is 2.13. The van der Waals surface area contributed by atoms with E-state index in [0.29, 0.717) is 28.4 Å². The first-order valence-corrected chi connectivity index (χ1v) is 8.05. The van der Waals surface area contributed by atoms with E-state index >= 15 is 0 Å². The lowest BCUT2D eigenvalue weighted by atomic mass is 10.0. The number of carbonyl (C=O) groups excluding carboxylic acids is 3. The molecule has 1 aliphatic heterocycles. The molecule has 1 aliphatic rings. The summed E-state index contributed by atoms with van der Waals surface area (Å²) in [6.45, 7) is -0.108. The van der Waals surface area contributed by atoms with E-state index in [1.54, 1.807) is 18.2 Å². The smallest absolute Gasteiger partial charge is 0.344 e. The fraction of sp³-hybridized carbons (Fsp3) is 0.235. The van der Waals surface area contributed by atoms with Gasteiger partial charge in [-0.25, -0.2) is 4.79 Å². The number of ketones is 1. The minimum absolute atomic E-state index is 0.0242. The zero-order valence-electron chi connectivity index (χ0n) is 12.9. The van der Waals surface area contributed by atoms with Crippen LogP contribution in [0.1, 0.15) is 26.4 Å². The molecule has 0 saturated carbocycles. The predicted molar refractivity (Wildman–Crippen MR) is 85.2 cm³/mol. The highest BCUT2D eigenvalue weighted by Gasteiger charge is 2.24. The Morgan fingerprint density at radius 3 is 2.88 bits per heavy atom.